The van der Waals surface area contributed by atoms with Gasteiger partial charge in [-0.3, -0.25) is 15.4 Å². The average molecular weight is 430 g/mol. The minimum atomic E-state index is -4.43. The van der Waals surface area contributed by atoms with Crippen LogP contribution in [0.3, 0.4) is 0 Å². The summed E-state index contributed by atoms with van der Waals surface area (Å²) < 4.78 is 34.0. The van der Waals surface area contributed by atoms with Gasteiger partial charge >= 0.3 is 0 Å². The maximum absolute atomic E-state index is 12.1. The molecule has 3 N–H and O–H groups in total. The second kappa shape index (κ2) is 7.46. The van der Waals surface area contributed by atoms with Gasteiger partial charge in [0.2, 0.25) is 0 Å². The van der Waals surface area contributed by atoms with Crippen molar-refractivity contribution in [1.82, 2.24) is 0 Å². The van der Waals surface area contributed by atoms with Crippen LogP contribution in [0.4, 0.5) is 17.1 Å². The zero-order valence-corrected chi connectivity index (χ0v) is 17.2. The topological polar surface area (TPSA) is 81.7 Å². The van der Waals surface area contributed by atoms with Gasteiger partial charge in [-0.1, -0.05) is 78.9 Å². The molecule has 0 bridgehead atoms. The van der Waals surface area contributed by atoms with Gasteiger partial charge in [-0.05, 0) is 34.7 Å². The van der Waals surface area contributed by atoms with Crippen molar-refractivity contribution >= 4 is 50.1 Å². The molecule has 31 heavy (non-hydrogen) atoms. The summed E-state index contributed by atoms with van der Waals surface area (Å²) in [6, 6.07) is 26.4. The molecule has 1 aliphatic heterocycles. The standard InChI is InChI=1S/C24H19N3O3S/c28-31(29,30)23-16-20(14-12-19(23)11-10-17-6-2-1-3-7-17)27-25-22-15-13-18-8-4-5-9-21(18)24(22)26-27/h1-16,25-26H,(H,28,29,30). The molecule has 0 fully saturated rings. The minimum Gasteiger partial charge on any atom is -0.282 e. The molecular weight excluding hydrogens is 410 g/mol. The molecule has 0 atom stereocenters. The van der Waals surface area contributed by atoms with Crippen molar-refractivity contribution in [2.45, 2.75) is 4.90 Å². The predicted molar refractivity (Wildman–Crippen MR) is 125 cm³/mol. The van der Waals surface area contributed by atoms with E-state index in [1.54, 1.807) is 29.4 Å². The highest BCUT2D eigenvalue weighted by Gasteiger charge is 2.23. The highest BCUT2D eigenvalue weighted by molar-refractivity contribution is 7.86. The van der Waals surface area contributed by atoms with Gasteiger partial charge in [-0.15, -0.1) is 0 Å². The number of anilines is 3. The molecule has 0 unspecified atom stereocenters. The zero-order valence-electron chi connectivity index (χ0n) is 16.4. The minimum absolute atomic E-state index is 0.165. The smallest absolute Gasteiger partial charge is 0.282 e. The third-order valence-corrected chi connectivity index (χ3v) is 6.08. The van der Waals surface area contributed by atoms with E-state index in [1.807, 2.05) is 66.7 Å². The third kappa shape index (κ3) is 3.72. The maximum Gasteiger partial charge on any atom is 0.295 e. The highest BCUT2D eigenvalue weighted by Crippen LogP contribution is 2.38. The van der Waals surface area contributed by atoms with E-state index in [2.05, 4.69) is 10.9 Å². The molecule has 4 aromatic rings. The normalized spacial score (nSPS) is 13.3. The van der Waals surface area contributed by atoms with Crippen molar-refractivity contribution < 1.29 is 13.0 Å². The monoisotopic (exact) mass is 429 g/mol. The SMILES string of the molecule is O=S(=O)(O)c1cc(N2Nc3ccc4ccccc4c3N2)ccc1C=Cc1ccccc1. The van der Waals surface area contributed by atoms with Crippen LogP contribution < -0.4 is 16.0 Å². The predicted octanol–water partition coefficient (Wildman–Crippen LogP) is 5.43. The van der Waals surface area contributed by atoms with E-state index in [0.717, 1.165) is 27.7 Å². The van der Waals surface area contributed by atoms with Crippen LogP contribution in [0.25, 0.3) is 22.9 Å². The van der Waals surface area contributed by atoms with Crippen molar-refractivity contribution in [1.29, 1.82) is 0 Å². The van der Waals surface area contributed by atoms with Crippen LogP contribution >= 0.6 is 0 Å². The number of hydrogen-bond acceptors (Lipinski definition) is 5. The van der Waals surface area contributed by atoms with E-state index < -0.39 is 10.1 Å². The van der Waals surface area contributed by atoms with Gasteiger partial charge < -0.3 is 0 Å². The molecule has 0 saturated heterocycles. The van der Waals surface area contributed by atoms with Crippen molar-refractivity contribution in [3.05, 3.63) is 96.1 Å². The number of benzene rings is 4. The van der Waals surface area contributed by atoms with Crippen LogP contribution in [0.5, 0.6) is 0 Å². The van der Waals surface area contributed by atoms with E-state index in [0.29, 0.717) is 11.3 Å². The molecule has 0 aromatic heterocycles. The molecule has 6 nitrogen and oxygen atoms in total. The first-order valence-corrected chi connectivity index (χ1v) is 11.1. The fraction of sp³-hybridized carbons (Fsp3) is 0. The van der Waals surface area contributed by atoms with Crippen LogP contribution in [-0.2, 0) is 10.1 Å². The Labute approximate surface area is 180 Å². The molecule has 154 valence electrons. The summed E-state index contributed by atoms with van der Waals surface area (Å²) in [5.41, 5.74) is 10.2. The lowest BCUT2D eigenvalue weighted by Crippen LogP contribution is -2.29. The Morgan fingerprint density at radius 1 is 0.806 bits per heavy atom. The summed E-state index contributed by atoms with van der Waals surface area (Å²) in [4.78, 5) is -0.165. The van der Waals surface area contributed by atoms with Gasteiger partial charge in [-0.2, -0.15) is 13.5 Å². The first-order chi connectivity index (χ1) is 15.0. The summed E-state index contributed by atoms with van der Waals surface area (Å²) in [6.07, 6.45) is 3.48. The fourth-order valence-corrected chi connectivity index (χ4v) is 4.35. The largest absolute Gasteiger partial charge is 0.295 e. The Kier molecular flexibility index (Phi) is 4.62. The van der Waals surface area contributed by atoms with Crippen molar-refractivity contribution in [2.75, 3.05) is 16.0 Å². The zero-order chi connectivity index (χ0) is 21.4. The number of nitrogens with one attached hydrogen (secondary N) is 2. The third-order valence-electron chi connectivity index (χ3n) is 5.17. The fourth-order valence-electron chi connectivity index (χ4n) is 3.65. The van der Waals surface area contributed by atoms with Gasteiger partial charge in [0.15, 0.2) is 0 Å². The summed E-state index contributed by atoms with van der Waals surface area (Å²) in [7, 11) is -4.43. The molecule has 0 amide bonds. The second-order valence-corrected chi connectivity index (χ2v) is 8.60. The van der Waals surface area contributed by atoms with Crippen LogP contribution in [0.2, 0.25) is 0 Å². The number of nitrogens with zero attached hydrogens (tertiary/aromatic N) is 1. The van der Waals surface area contributed by atoms with Crippen LogP contribution in [0.15, 0.2) is 89.8 Å². The second-order valence-electron chi connectivity index (χ2n) is 7.21. The molecule has 0 spiro atoms. The number of hydrazine groups is 2. The van der Waals surface area contributed by atoms with Gasteiger partial charge in [0.05, 0.1) is 17.1 Å². The Hall–Kier alpha value is -3.81. The van der Waals surface area contributed by atoms with Crippen LogP contribution in [-0.4, -0.2) is 13.0 Å². The lowest BCUT2D eigenvalue weighted by Gasteiger charge is -2.20. The molecule has 1 aliphatic rings. The van der Waals surface area contributed by atoms with Crippen molar-refractivity contribution in [2.24, 2.45) is 0 Å². The van der Waals surface area contributed by atoms with E-state index in [4.69, 9.17) is 0 Å². The Morgan fingerprint density at radius 2 is 1.58 bits per heavy atom. The first-order valence-electron chi connectivity index (χ1n) is 9.69. The average Bonchev–Trinajstić information content (AvgIpc) is 3.23. The molecule has 4 aromatic carbocycles. The summed E-state index contributed by atoms with van der Waals surface area (Å²) in [5, 5.41) is 3.78. The number of hydrogen-bond donors (Lipinski definition) is 3. The van der Waals surface area contributed by atoms with Gasteiger partial charge in [0.1, 0.15) is 4.90 Å². The van der Waals surface area contributed by atoms with E-state index in [9.17, 15) is 13.0 Å². The lowest BCUT2D eigenvalue weighted by molar-refractivity contribution is 0.483. The molecule has 1 heterocycles. The van der Waals surface area contributed by atoms with Crippen LogP contribution in [0.1, 0.15) is 11.1 Å². The summed E-state index contributed by atoms with van der Waals surface area (Å²) in [5.74, 6) is 0. The first kappa shape index (κ1) is 19.2. The maximum atomic E-state index is 12.1. The Bertz CT molecular complexity index is 1420. The van der Waals surface area contributed by atoms with Crippen molar-refractivity contribution in [3.8, 4) is 0 Å². The lowest BCUT2D eigenvalue weighted by atomic mass is 10.1. The van der Waals surface area contributed by atoms with Gasteiger partial charge in [0, 0.05) is 5.39 Å². The molecular formula is C24H19N3O3S. The number of fused-ring (bicyclic) bond motifs is 3. The van der Waals surface area contributed by atoms with Gasteiger partial charge in [-0.25, -0.2) is 0 Å². The van der Waals surface area contributed by atoms with E-state index in [-0.39, 0.29) is 4.90 Å². The Balaban J connectivity index is 1.50. The summed E-state index contributed by atoms with van der Waals surface area (Å²) >= 11 is 0. The van der Waals surface area contributed by atoms with Gasteiger partial charge in [0.25, 0.3) is 10.1 Å². The molecule has 0 saturated carbocycles. The summed E-state index contributed by atoms with van der Waals surface area (Å²) in [6.45, 7) is 0. The molecule has 0 aliphatic carbocycles. The van der Waals surface area contributed by atoms with Crippen molar-refractivity contribution in [3.63, 3.8) is 0 Å². The van der Waals surface area contributed by atoms with E-state index >= 15 is 0 Å². The van der Waals surface area contributed by atoms with Crippen LogP contribution in [0, 0.1) is 0 Å². The van der Waals surface area contributed by atoms with E-state index in [1.165, 1.54) is 6.07 Å². The quantitative estimate of drug-likeness (QED) is 0.296. The molecule has 7 heteroatoms. The highest BCUT2D eigenvalue weighted by atomic mass is 32.2. The number of rotatable bonds is 4. The molecule has 0 radical (unpaired) electrons. The Morgan fingerprint density at radius 3 is 2.39 bits per heavy atom. The molecule has 5 rings (SSSR count).